The fourth-order valence-corrected chi connectivity index (χ4v) is 3.90. The number of amides is 1. The van der Waals surface area contributed by atoms with Crippen LogP contribution in [-0.4, -0.2) is 74.1 Å². The number of morpholine rings is 1. The van der Waals surface area contributed by atoms with Crippen LogP contribution in [0, 0.1) is 0 Å². The van der Waals surface area contributed by atoms with Gasteiger partial charge in [-0.3, -0.25) is 14.7 Å². The molecule has 0 aromatic heterocycles. The Balaban J connectivity index is 1.51. The van der Waals surface area contributed by atoms with Crippen molar-refractivity contribution < 1.29 is 9.53 Å². The molecule has 2 aliphatic heterocycles. The molecule has 28 heavy (non-hydrogen) atoms. The van der Waals surface area contributed by atoms with E-state index < -0.39 is 0 Å². The molecule has 1 aromatic rings. The number of carbonyl (C=O) groups excluding carboxylic acids is 1. The minimum atomic E-state index is 0.0645. The molecule has 3 rings (SSSR count). The monoisotopic (exact) mass is 387 g/mol. The quantitative estimate of drug-likeness (QED) is 0.576. The standard InChI is InChI=1S/C21H33N5O2/c1-3-5-20(27)24-18-7-4-6-17(14-18)15-23-21(22-2)26-9-8-19(16-26)25-10-12-28-13-11-25/h4,6-7,14,19H,3,5,8-13,15-16H2,1-2H3,(H,22,23)(H,24,27). The highest BCUT2D eigenvalue weighted by molar-refractivity contribution is 5.90. The van der Waals surface area contributed by atoms with Gasteiger partial charge in [0.15, 0.2) is 5.96 Å². The second-order valence-corrected chi connectivity index (χ2v) is 7.44. The first-order valence-electron chi connectivity index (χ1n) is 10.4. The summed E-state index contributed by atoms with van der Waals surface area (Å²) < 4.78 is 5.47. The summed E-state index contributed by atoms with van der Waals surface area (Å²) in [7, 11) is 1.84. The molecule has 7 nitrogen and oxygen atoms in total. The number of guanidine groups is 1. The zero-order chi connectivity index (χ0) is 19.8. The Morgan fingerprint density at radius 2 is 2.11 bits per heavy atom. The Morgan fingerprint density at radius 3 is 2.86 bits per heavy atom. The van der Waals surface area contributed by atoms with Gasteiger partial charge in [-0.15, -0.1) is 0 Å². The summed E-state index contributed by atoms with van der Waals surface area (Å²) in [5.41, 5.74) is 1.97. The lowest BCUT2D eigenvalue weighted by molar-refractivity contribution is -0.116. The van der Waals surface area contributed by atoms with Crippen molar-refractivity contribution in [3.05, 3.63) is 29.8 Å². The third kappa shape index (κ3) is 5.69. The van der Waals surface area contributed by atoms with Gasteiger partial charge in [0.2, 0.25) is 5.91 Å². The van der Waals surface area contributed by atoms with Gasteiger partial charge in [0.05, 0.1) is 13.2 Å². The third-order valence-corrected chi connectivity index (χ3v) is 5.38. The molecule has 0 aliphatic carbocycles. The molecule has 0 spiro atoms. The number of nitrogens with zero attached hydrogens (tertiary/aromatic N) is 3. The number of nitrogens with one attached hydrogen (secondary N) is 2. The largest absolute Gasteiger partial charge is 0.379 e. The van der Waals surface area contributed by atoms with Crippen molar-refractivity contribution in [3.63, 3.8) is 0 Å². The van der Waals surface area contributed by atoms with Crippen LogP contribution in [0.4, 0.5) is 5.69 Å². The van der Waals surface area contributed by atoms with Gasteiger partial charge in [0, 0.05) is 57.9 Å². The molecule has 0 radical (unpaired) electrons. The van der Waals surface area contributed by atoms with Crippen LogP contribution in [0.5, 0.6) is 0 Å². The van der Waals surface area contributed by atoms with Gasteiger partial charge >= 0.3 is 0 Å². The molecule has 1 amide bonds. The fraction of sp³-hybridized carbons (Fsp3) is 0.619. The van der Waals surface area contributed by atoms with Gasteiger partial charge in [-0.25, -0.2) is 0 Å². The number of hydrogen-bond acceptors (Lipinski definition) is 4. The van der Waals surface area contributed by atoms with E-state index in [1.165, 1.54) is 6.42 Å². The van der Waals surface area contributed by atoms with E-state index in [2.05, 4.69) is 31.5 Å². The Kier molecular flexibility index (Phi) is 7.68. The molecule has 1 atom stereocenters. The highest BCUT2D eigenvalue weighted by atomic mass is 16.5. The molecule has 7 heteroatoms. The van der Waals surface area contributed by atoms with Crippen LogP contribution in [0.3, 0.4) is 0 Å². The molecule has 1 aromatic carbocycles. The lowest BCUT2D eigenvalue weighted by Crippen LogP contribution is -2.46. The lowest BCUT2D eigenvalue weighted by atomic mass is 10.2. The smallest absolute Gasteiger partial charge is 0.224 e. The fourth-order valence-electron chi connectivity index (χ4n) is 3.90. The maximum atomic E-state index is 11.8. The lowest BCUT2D eigenvalue weighted by Gasteiger charge is -2.32. The summed E-state index contributed by atoms with van der Waals surface area (Å²) in [6, 6.07) is 8.58. The molecule has 2 heterocycles. The Bertz CT molecular complexity index is 673. The zero-order valence-electron chi connectivity index (χ0n) is 17.1. The first-order chi connectivity index (χ1) is 13.7. The molecular weight excluding hydrogens is 354 g/mol. The van der Waals surface area contributed by atoms with Gasteiger partial charge < -0.3 is 20.3 Å². The van der Waals surface area contributed by atoms with Crippen molar-refractivity contribution in [1.82, 2.24) is 15.1 Å². The normalized spacial score (nSPS) is 21.0. The molecular formula is C21H33N5O2. The SMILES string of the molecule is CCCC(=O)Nc1cccc(CNC(=NC)N2CCC(N3CCOCC3)C2)c1. The highest BCUT2D eigenvalue weighted by Gasteiger charge is 2.30. The van der Waals surface area contributed by atoms with E-state index in [4.69, 9.17) is 4.74 Å². The van der Waals surface area contributed by atoms with Crippen LogP contribution >= 0.6 is 0 Å². The maximum absolute atomic E-state index is 11.8. The second-order valence-electron chi connectivity index (χ2n) is 7.44. The summed E-state index contributed by atoms with van der Waals surface area (Å²) in [5.74, 6) is 1.01. The van der Waals surface area contributed by atoms with E-state index in [-0.39, 0.29) is 5.91 Å². The van der Waals surface area contributed by atoms with Crippen molar-refractivity contribution in [1.29, 1.82) is 0 Å². The van der Waals surface area contributed by atoms with Gasteiger partial charge in [0.25, 0.3) is 0 Å². The number of ether oxygens (including phenoxy) is 1. The van der Waals surface area contributed by atoms with Gasteiger partial charge in [-0.1, -0.05) is 19.1 Å². The van der Waals surface area contributed by atoms with Crippen molar-refractivity contribution in [2.75, 3.05) is 51.8 Å². The van der Waals surface area contributed by atoms with Crippen LogP contribution in [0.1, 0.15) is 31.7 Å². The summed E-state index contributed by atoms with van der Waals surface area (Å²) in [6.45, 7) is 8.46. The van der Waals surface area contributed by atoms with Crippen LogP contribution in [0.25, 0.3) is 0 Å². The van der Waals surface area contributed by atoms with Crippen LogP contribution in [0.2, 0.25) is 0 Å². The number of likely N-dealkylation sites (tertiary alicyclic amines) is 1. The number of benzene rings is 1. The second kappa shape index (κ2) is 10.4. The van der Waals surface area contributed by atoms with E-state index in [0.29, 0.717) is 19.0 Å². The minimum absolute atomic E-state index is 0.0645. The molecule has 2 N–H and O–H groups in total. The number of anilines is 1. The summed E-state index contributed by atoms with van der Waals surface area (Å²) in [6.07, 6.45) is 2.57. The molecule has 0 saturated carbocycles. The predicted molar refractivity (Wildman–Crippen MR) is 113 cm³/mol. The van der Waals surface area contributed by atoms with E-state index in [1.54, 1.807) is 0 Å². The maximum Gasteiger partial charge on any atom is 0.224 e. The molecule has 2 fully saturated rings. The number of rotatable bonds is 6. The van der Waals surface area contributed by atoms with Crippen molar-refractivity contribution >= 4 is 17.6 Å². The average Bonchev–Trinajstić information content (AvgIpc) is 3.20. The molecule has 154 valence electrons. The summed E-state index contributed by atoms with van der Waals surface area (Å²) in [5, 5.41) is 6.44. The topological polar surface area (TPSA) is 69.2 Å². The van der Waals surface area contributed by atoms with Gasteiger partial charge in [0.1, 0.15) is 0 Å². The van der Waals surface area contributed by atoms with E-state index in [1.807, 2.05) is 32.2 Å². The van der Waals surface area contributed by atoms with Crippen LogP contribution < -0.4 is 10.6 Å². The van der Waals surface area contributed by atoms with Gasteiger partial charge in [-0.05, 0) is 30.5 Å². The van der Waals surface area contributed by atoms with E-state index in [9.17, 15) is 4.79 Å². The molecule has 2 saturated heterocycles. The summed E-state index contributed by atoms with van der Waals surface area (Å²) in [4.78, 5) is 21.2. The van der Waals surface area contributed by atoms with E-state index >= 15 is 0 Å². The molecule has 1 unspecified atom stereocenters. The number of hydrogen-bond donors (Lipinski definition) is 2. The zero-order valence-corrected chi connectivity index (χ0v) is 17.1. The molecule has 0 bridgehead atoms. The first-order valence-corrected chi connectivity index (χ1v) is 10.4. The van der Waals surface area contributed by atoms with Crippen LogP contribution in [0.15, 0.2) is 29.3 Å². The predicted octanol–water partition coefficient (Wildman–Crippen LogP) is 1.91. The highest BCUT2D eigenvalue weighted by Crippen LogP contribution is 2.17. The Morgan fingerprint density at radius 1 is 1.29 bits per heavy atom. The number of aliphatic imine (C=N–C) groups is 1. The number of carbonyl (C=O) groups is 1. The van der Waals surface area contributed by atoms with Crippen molar-refractivity contribution in [3.8, 4) is 0 Å². The van der Waals surface area contributed by atoms with Crippen molar-refractivity contribution in [2.24, 2.45) is 4.99 Å². The Labute approximate surface area is 168 Å². The van der Waals surface area contributed by atoms with Crippen molar-refractivity contribution in [2.45, 2.75) is 38.8 Å². The third-order valence-electron chi connectivity index (χ3n) is 5.38. The first kappa shape index (κ1) is 20.6. The minimum Gasteiger partial charge on any atom is -0.379 e. The van der Waals surface area contributed by atoms with E-state index in [0.717, 1.165) is 63.0 Å². The van der Waals surface area contributed by atoms with Crippen LogP contribution in [-0.2, 0) is 16.1 Å². The Hall–Kier alpha value is -2.12. The summed E-state index contributed by atoms with van der Waals surface area (Å²) >= 11 is 0. The molecule has 2 aliphatic rings. The van der Waals surface area contributed by atoms with Gasteiger partial charge in [-0.2, -0.15) is 0 Å². The average molecular weight is 388 g/mol.